The van der Waals surface area contributed by atoms with Gasteiger partial charge in [0.15, 0.2) is 0 Å². The van der Waals surface area contributed by atoms with E-state index in [0.29, 0.717) is 24.8 Å². The molecule has 0 bridgehead atoms. The van der Waals surface area contributed by atoms with Gasteiger partial charge in [0.1, 0.15) is 0 Å². The average molecular weight is 242 g/mol. The van der Waals surface area contributed by atoms with Gasteiger partial charge in [-0.05, 0) is 24.8 Å². The molecule has 100 valence electrons. The summed E-state index contributed by atoms with van der Waals surface area (Å²) in [6.45, 7) is 6.46. The third-order valence-electron chi connectivity index (χ3n) is 3.92. The molecule has 2 N–H and O–H groups in total. The van der Waals surface area contributed by atoms with E-state index in [1.807, 2.05) is 4.90 Å². The monoisotopic (exact) mass is 242 g/mol. The molecular weight excluding hydrogens is 216 g/mol. The van der Waals surface area contributed by atoms with Crippen LogP contribution in [0.2, 0.25) is 0 Å². The van der Waals surface area contributed by atoms with Crippen LogP contribution in [0.1, 0.15) is 33.1 Å². The van der Waals surface area contributed by atoms with Crippen molar-refractivity contribution in [1.82, 2.24) is 4.90 Å². The van der Waals surface area contributed by atoms with Crippen molar-refractivity contribution < 1.29 is 9.53 Å². The van der Waals surface area contributed by atoms with Gasteiger partial charge in [0.25, 0.3) is 0 Å². The van der Waals surface area contributed by atoms with E-state index in [9.17, 15) is 4.79 Å². The number of hydrogen-bond donors (Lipinski definition) is 1. The van der Waals surface area contributed by atoms with Crippen molar-refractivity contribution in [2.75, 3.05) is 26.7 Å². The summed E-state index contributed by atoms with van der Waals surface area (Å²) in [6, 6.07) is 0. The van der Waals surface area contributed by atoms with E-state index < -0.39 is 0 Å². The van der Waals surface area contributed by atoms with Crippen LogP contribution in [-0.4, -0.2) is 43.7 Å². The summed E-state index contributed by atoms with van der Waals surface area (Å²) < 4.78 is 5.42. The molecule has 3 atom stereocenters. The van der Waals surface area contributed by atoms with Gasteiger partial charge in [-0.25, -0.2) is 0 Å². The second kappa shape index (κ2) is 6.97. The third kappa shape index (κ3) is 3.96. The minimum atomic E-state index is 0.186. The van der Waals surface area contributed by atoms with Crippen molar-refractivity contribution in [2.24, 2.45) is 17.6 Å². The molecule has 3 unspecified atom stereocenters. The molecule has 0 spiro atoms. The van der Waals surface area contributed by atoms with E-state index in [2.05, 4.69) is 13.8 Å². The molecule has 0 aromatic carbocycles. The van der Waals surface area contributed by atoms with Crippen molar-refractivity contribution in [2.45, 2.75) is 39.2 Å². The van der Waals surface area contributed by atoms with Crippen LogP contribution < -0.4 is 5.73 Å². The van der Waals surface area contributed by atoms with E-state index >= 15 is 0 Å². The van der Waals surface area contributed by atoms with Gasteiger partial charge in [0.05, 0.1) is 6.10 Å². The molecule has 1 rings (SSSR count). The normalized spacial score (nSPS) is 26.9. The number of nitrogens with zero attached hydrogens (tertiary/aromatic N) is 1. The van der Waals surface area contributed by atoms with E-state index in [0.717, 1.165) is 25.9 Å². The second-order valence-corrected chi connectivity index (χ2v) is 5.09. The minimum Gasteiger partial charge on any atom is -0.379 e. The number of nitrogens with two attached hydrogens (primary N) is 1. The van der Waals surface area contributed by atoms with Crippen molar-refractivity contribution in [3.63, 3.8) is 0 Å². The van der Waals surface area contributed by atoms with Crippen molar-refractivity contribution in [3.05, 3.63) is 0 Å². The van der Waals surface area contributed by atoms with Gasteiger partial charge in [0.2, 0.25) is 5.91 Å². The highest BCUT2D eigenvalue weighted by molar-refractivity contribution is 5.76. The Kier molecular flexibility index (Phi) is 5.92. The van der Waals surface area contributed by atoms with Gasteiger partial charge in [0, 0.05) is 26.6 Å². The molecule has 0 aromatic heterocycles. The summed E-state index contributed by atoms with van der Waals surface area (Å²) in [4.78, 5) is 14.0. The molecule has 1 aliphatic rings. The summed E-state index contributed by atoms with van der Waals surface area (Å²) in [7, 11) is 1.73. The topological polar surface area (TPSA) is 55.6 Å². The van der Waals surface area contributed by atoms with Crippen LogP contribution in [-0.2, 0) is 9.53 Å². The van der Waals surface area contributed by atoms with Crippen molar-refractivity contribution >= 4 is 5.91 Å². The maximum absolute atomic E-state index is 12.1. The molecule has 1 heterocycles. The summed E-state index contributed by atoms with van der Waals surface area (Å²) >= 11 is 0. The molecule has 17 heavy (non-hydrogen) atoms. The summed E-state index contributed by atoms with van der Waals surface area (Å²) in [5.74, 6) is 1.10. The number of carbonyl (C=O) groups is 1. The molecule has 0 aliphatic carbocycles. The minimum absolute atomic E-state index is 0.186. The maximum atomic E-state index is 12.1. The molecular formula is C13H26N2O2. The molecule has 0 saturated carbocycles. The molecule has 4 nitrogen and oxygen atoms in total. The molecule has 1 aliphatic heterocycles. The zero-order valence-electron chi connectivity index (χ0n) is 11.3. The van der Waals surface area contributed by atoms with E-state index in [1.54, 1.807) is 7.11 Å². The predicted molar refractivity (Wildman–Crippen MR) is 68.6 cm³/mol. The number of hydrogen-bond acceptors (Lipinski definition) is 3. The van der Waals surface area contributed by atoms with Crippen LogP contribution in [0.4, 0.5) is 0 Å². The predicted octanol–water partition coefficient (Wildman–Crippen LogP) is 1.24. The molecule has 1 saturated heterocycles. The highest BCUT2D eigenvalue weighted by atomic mass is 16.5. The molecule has 0 aromatic rings. The Labute approximate surface area is 104 Å². The molecule has 1 amide bonds. The van der Waals surface area contributed by atoms with Crippen LogP contribution in [0.25, 0.3) is 0 Å². The number of amides is 1. The van der Waals surface area contributed by atoms with Gasteiger partial charge in [-0.15, -0.1) is 0 Å². The second-order valence-electron chi connectivity index (χ2n) is 5.09. The van der Waals surface area contributed by atoms with Crippen LogP contribution in [0, 0.1) is 11.8 Å². The Morgan fingerprint density at radius 3 is 2.82 bits per heavy atom. The van der Waals surface area contributed by atoms with Gasteiger partial charge >= 0.3 is 0 Å². The first-order chi connectivity index (χ1) is 8.12. The molecule has 1 fully saturated rings. The van der Waals surface area contributed by atoms with Crippen LogP contribution in [0.3, 0.4) is 0 Å². The Morgan fingerprint density at radius 2 is 2.29 bits per heavy atom. The van der Waals surface area contributed by atoms with Gasteiger partial charge in [-0.1, -0.05) is 20.3 Å². The molecule has 4 heteroatoms. The van der Waals surface area contributed by atoms with Crippen LogP contribution >= 0.6 is 0 Å². The fourth-order valence-corrected chi connectivity index (χ4v) is 2.34. The summed E-state index contributed by atoms with van der Waals surface area (Å²) in [5, 5.41) is 0. The SMILES string of the molecule is CCC(CN)CC(=O)N1CCC(C)C(OC)C1. The smallest absolute Gasteiger partial charge is 0.222 e. The zero-order chi connectivity index (χ0) is 12.8. The fraction of sp³-hybridized carbons (Fsp3) is 0.923. The maximum Gasteiger partial charge on any atom is 0.222 e. The van der Waals surface area contributed by atoms with Crippen LogP contribution in [0.5, 0.6) is 0 Å². The van der Waals surface area contributed by atoms with E-state index in [1.165, 1.54) is 0 Å². The standard InChI is InChI=1S/C13H26N2O2/c1-4-11(8-14)7-13(16)15-6-5-10(2)12(9-15)17-3/h10-12H,4-9,14H2,1-3H3. The van der Waals surface area contributed by atoms with Crippen molar-refractivity contribution in [1.29, 1.82) is 0 Å². The third-order valence-corrected chi connectivity index (χ3v) is 3.92. The lowest BCUT2D eigenvalue weighted by Gasteiger charge is -2.36. The number of carbonyl (C=O) groups excluding carboxylic acids is 1. The zero-order valence-corrected chi connectivity index (χ0v) is 11.3. The van der Waals surface area contributed by atoms with E-state index in [-0.39, 0.29) is 12.0 Å². The number of methoxy groups -OCH3 is 1. The number of rotatable bonds is 5. The lowest BCUT2D eigenvalue weighted by molar-refractivity contribution is -0.137. The highest BCUT2D eigenvalue weighted by Crippen LogP contribution is 2.21. The Hall–Kier alpha value is -0.610. The van der Waals surface area contributed by atoms with Gasteiger partial charge in [-0.2, -0.15) is 0 Å². The summed E-state index contributed by atoms with van der Waals surface area (Å²) in [5.41, 5.74) is 5.64. The van der Waals surface area contributed by atoms with Crippen molar-refractivity contribution in [3.8, 4) is 0 Å². The average Bonchev–Trinajstić information content (AvgIpc) is 2.36. The Balaban J connectivity index is 2.47. The number of ether oxygens (including phenoxy) is 1. The molecule has 0 radical (unpaired) electrons. The first-order valence-electron chi connectivity index (χ1n) is 6.62. The first-order valence-corrected chi connectivity index (χ1v) is 6.62. The number of likely N-dealkylation sites (tertiary alicyclic amines) is 1. The fourth-order valence-electron chi connectivity index (χ4n) is 2.34. The highest BCUT2D eigenvalue weighted by Gasteiger charge is 2.29. The summed E-state index contributed by atoms with van der Waals surface area (Å²) in [6.07, 6.45) is 2.77. The van der Waals surface area contributed by atoms with E-state index in [4.69, 9.17) is 10.5 Å². The largest absolute Gasteiger partial charge is 0.379 e. The lowest BCUT2D eigenvalue weighted by Crippen LogP contribution is -2.47. The Bertz CT molecular complexity index is 242. The number of piperidine rings is 1. The van der Waals surface area contributed by atoms with Gasteiger partial charge < -0.3 is 15.4 Å². The Morgan fingerprint density at radius 1 is 1.59 bits per heavy atom. The van der Waals surface area contributed by atoms with Gasteiger partial charge in [-0.3, -0.25) is 4.79 Å². The lowest BCUT2D eigenvalue weighted by atomic mass is 9.94. The quantitative estimate of drug-likeness (QED) is 0.789. The first kappa shape index (κ1) is 14.5. The van der Waals surface area contributed by atoms with Crippen LogP contribution in [0.15, 0.2) is 0 Å².